The zero-order valence-corrected chi connectivity index (χ0v) is 15.6. The molecule has 140 valence electrons. The molecule has 0 bridgehead atoms. The molecule has 0 spiro atoms. The average Bonchev–Trinajstić information content (AvgIpc) is 2.66. The van der Waals surface area contributed by atoms with Gasteiger partial charge in [-0.05, 0) is 59.7 Å². The molecule has 0 saturated heterocycles. The Labute approximate surface area is 156 Å². The second kappa shape index (κ2) is 7.36. The number of methoxy groups -OCH3 is 1. The number of carbonyl (C=O) groups excluding carboxylic acids is 1. The summed E-state index contributed by atoms with van der Waals surface area (Å²) in [6.45, 7) is 1.63. The summed E-state index contributed by atoms with van der Waals surface area (Å²) in [5.74, 6) is -1.17. The molecule has 7 heteroatoms. The number of halogens is 1. The molecule has 1 N–H and O–H groups in total. The van der Waals surface area contributed by atoms with Crippen molar-refractivity contribution in [2.24, 2.45) is 0 Å². The molecule has 3 aromatic carbocycles. The number of amides is 1. The van der Waals surface area contributed by atoms with E-state index in [9.17, 15) is 17.6 Å². The molecule has 0 heterocycles. The van der Waals surface area contributed by atoms with Crippen molar-refractivity contribution in [1.29, 1.82) is 0 Å². The third-order valence-corrected chi connectivity index (χ3v) is 5.69. The Morgan fingerprint density at radius 1 is 1.00 bits per heavy atom. The highest BCUT2D eigenvalue weighted by Crippen LogP contribution is 2.25. The Kier molecular flexibility index (Phi) is 5.14. The second-order valence-corrected chi connectivity index (χ2v) is 7.80. The number of fused-ring (bicyclic) bond motifs is 1. The SMILES string of the molecule is COc1ccc2cc([C@H](C)C(=O)NS(=O)(=O)c3ccc(F)cc3)ccc2c1. The lowest BCUT2D eigenvalue weighted by molar-refractivity contribution is -0.120. The molecule has 5 nitrogen and oxygen atoms in total. The highest BCUT2D eigenvalue weighted by atomic mass is 32.2. The van der Waals surface area contributed by atoms with Crippen molar-refractivity contribution in [3.05, 3.63) is 72.0 Å². The van der Waals surface area contributed by atoms with Crippen LogP contribution in [0.1, 0.15) is 18.4 Å². The number of carbonyl (C=O) groups is 1. The van der Waals surface area contributed by atoms with Crippen LogP contribution in [0.4, 0.5) is 4.39 Å². The van der Waals surface area contributed by atoms with E-state index in [-0.39, 0.29) is 4.90 Å². The molecule has 3 aromatic rings. The standard InChI is InChI=1S/C20H18FNO4S/c1-13(14-3-4-16-12-18(26-2)8-5-15(16)11-14)20(23)22-27(24,25)19-9-6-17(21)7-10-19/h3-13H,1-2H3,(H,22,23)/t13-/m0/s1. The Hall–Kier alpha value is -2.93. The fourth-order valence-electron chi connectivity index (χ4n) is 2.68. The lowest BCUT2D eigenvalue weighted by Crippen LogP contribution is -2.33. The van der Waals surface area contributed by atoms with Gasteiger partial charge in [-0.2, -0.15) is 0 Å². The number of benzene rings is 3. The first-order valence-electron chi connectivity index (χ1n) is 8.20. The first kappa shape index (κ1) is 18.8. The number of nitrogens with one attached hydrogen (secondary N) is 1. The van der Waals surface area contributed by atoms with Crippen LogP contribution < -0.4 is 9.46 Å². The summed E-state index contributed by atoms with van der Waals surface area (Å²) in [5, 5.41) is 1.86. The van der Waals surface area contributed by atoms with Gasteiger partial charge in [-0.25, -0.2) is 17.5 Å². The number of hydrogen-bond donors (Lipinski definition) is 1. The van der Waals surface area contributed by atoms with Crippen molar-refractivity contribution in [3.8, 4) is 5.75 Å². The number of ether oxygens (including phenoxy) is 1. The van der Waals surface area contributed by atoms with E-state index in [1.807, 2.05) is 35.1 Å². The first-order chi connectivity index (χ1) is 12.8. The fourth-order valence-corrected chi connectivity index (χ4v) is 3.74. The number of sulfonamides is 1. The Morgan fingerprint density at radius 2 is 1.63 bits per heavy atom. The van der Waals surface area contributed by atoms with E-state index < -0.39 is 27.7 Å². The van der Waals surface area contributed by atoms with Gasteiger partial charge >= 0.3 is 0 Å². The van der Waals surface area contributed by atoms with Crippen LogP contribution in [0.5, 0.6) is 5.75 Å². The lowest BCUT2D eigenvalue weighted by Gasteiger charge is -2.14. The van der Waals surface area contributed by atoms with E-state index in [1.54, 1.807) is 20.1 Å². The van der Waals surface area contributed by atoms with Crippen molar-refractivity contribution >= 4 is 26.7 Å². The summed E-state index contributed by atoms with van der Waals surface area (Å²) in [6, 6.07) is 15.3. The van der Waals surface area contributed by atoms with Crippen LogP contribution in [0.2, 0.25) is 0 Å². The summed E-state index contributed by atoms with van der Waals surface area (Å²) in [7, 11) is -2.48. The maximum absolute atomic E-state index is 13.0. The monoisotopic (exact) mass is 387 g/mol. The maximum atomic E-state index is 13.0. The van der Waals surface area contributed by atoms with E-state index in [1.165, 1.54) is 0 Å². The van der Waals surface area contributed by atoms with E-state index in [0.717, 1.165) is 40.8 Å². The predicted octanol–water partition coefficient (Wildman–Crippen LogP) is 3.60. The molecule has 0 aliphatic heterocycles. The first-order valence-corrected chi connectivity index (χ1v) is 9.68. The molecule has 0 fully saturated rings. The van der Waals surface area contributed by atoms with Gasteiger partial charge in [0.05, 0.1) is 17.9 Å². The Morgan fingerprint density at radius 3 is 2.30 bits per heavy atom. The van der Waals surface area contributed by atoms with Gasteiger partial charge in [0, 0.05) is 0 Å². The predicted molar refractivity (Wildman–Crippen MR) is 101 cm³/mol. The van der Waals surface area contributed by atoms with Gasteiger partial charge in [-0.3, -0.25) is 4.79 Å². The zero-order valence-electron chi connectivity index (χ0n) is 14.8. The summed E-state index contributed by atoms with van der Waals surface area (Å²) in [6.07, 6.45) is 0. The van der Waals surface area contributed by atoms with Gasteiger partial charge in [0.1, 0.15) is 11.6 Å². The third kappa shape index (κ3) is 4.09. The highest BCUT2D eigenvalue weighted by Gasteiger charge is 2.23. The largest absolute Gasteiger partial charge is 0.497 e. The van der Waals surface area contributed by atoms with E-state index >= 15 is 0 Å². The molecule has 0 radical (unpaired) electrons. The molecular weight excluding hydrogens is 369 g/mol. The molecule has 0 saturated carbocycles. The van der Waals surface area contributed by atoms with Crippen molar-refractivity contribution in [3.63, 3.8) is 0 Å². The van der Waals surface area contributed by atoms with Crippen molar-refractivity contribution in [2.45, 2.75) is 17.7 Å². The minimum atomic E-state index is -4.06. The average molecular weight is 387 g/mol. The highest BCUT2D eigenvalue weighted by molar-refractivity contribution is 7.90. The lowest BCUT2D eigenvalue weighted by atomic mass is 9.97. The van der Waals surface area contributed by atoms with Gasteiger partial charge < -0.3 is 4.74 Å². The normalized spacial score (nSPS) is 12.6. The molecule has 0 aliphatic rings. The van der Waals surface area contributed by atoms with Crippen molar-refractivity contribution in [1.82, 2.24) is 4.72 Å². The molecule has 1 atom stereocenters. The van der Waals surface area contributed by atoms with Gasteiger partial charge in [0.15, 0.2) is 0 Å². The molecule has 0 unspecified atom stereocenters. The van der Waals surface area contributed by atoms with E-state index in [4.69, 9.17) is 4.74 Å². The van der Waals surface area contributed by atoms with Crippen molar-refractivity contribution < 1.29 is 22.3 Å². The van der Waals surface area contributed by atoms with Crippen LogP contribution in [0, 0.1) is 5.82 Å². The quantitative estimate of drug-likeness (QED) is 0.726. The summed E-state index contributed by atoms with van der Waals surface area (Å²) in [4.78, 5) is 12.3. The van der Waals surface area contributed by atoms with Crippen LogP contribution in [0.25, 0.3) is 10.8 Å². The fraction of sp³-hybridized carbons (Fsp3) is 0.150. The van der Waals surface area contributed by atoms with Crippen LogP contribution in [0.15, 0.2) is 65.6 Å². The van der Waals surface area contributed by atoms with E-state index in [0.29, 0.717) is 5.56 Å². The van der Waals surface area contributed by atoms with Gasteiger partial charge in [0.2, 0.25) is 5.91 Å². The summed E-state index contributed by atoms with van der Waals surface area (Å²) in [5.41, 5.74) is 0.680. The summed E-state index contributed by atoms with van der Waals surface area (Å²) >= 11 is 0. The zero-order chi connectivity index (χ0) is 19.6. The van der Waals surface area contributed by atoms with Crippen LogP contribution >= 0.6 is 0 Å². The molecular formula is C20H18FNO4S. The molecule has 0 aromatic heterocycles. The second-order valence-electron chi connectivity index (χ2n) is 6.12. The van der Waals surface area contributed by atoms with Crippen LogP contribution in [-0.2, 0) is 14.8 Å². The van der Waals surface area contributed by atoms with Gasteiger partial charge in [-0.15, -0.1) is 0 Å². The number of rotatable bonds is 5. The van der Waals surface area contributed by atoms with Gasteiger partial charge in [-0.1, -0.05) is 24.3 Å². The summed E-state index contributed by atoms with van der Waals surface area (Å²) < 4.78 is 44.8. The maximum Gasteiger partial charge on any atom is 0.264 e. The molecule has 1 amide bonds. The smallest absolute Gasteiger partial charge is 0.264 e. The number of hydrogen-bond acceptors (Lipinski definition) is 4. The molecule has 27 heavy (non-hydrogen) atoms. The van der Waals surface area contributed by atoms with Crippen LogP contribution in [-0.4, -0.2) is 21.4 Å². The van der Waals surface area contributed by atoms with E-state index in [2.05, 4.69) is 0 Å². The minimum absolute atomic E-state index is 0.171. The molecule has 3 rings (SSSR count). The Bertz CT molecular complexity index is 1090. The van der Waals surface area contributed by atoms with Gasteiger partial charge in [0.25, 0.3) is 10.0 Å². The topological polar surface area (TPSA) is 72.5 Å². The Balaban J connectivity index is 1.82. The third-order valence-electron chi connectivity index (χ3n) is 4.32. The van der Waals surface area contributed by atoms with Crippen LogP contribution in [0.3, 0.4) is 0 Å². The molecule has 0 aliphatic carbocycles. The van der Waals surface area contributed by atoms with Crippen molar-refractivity contribution in [2.75, 3.05) is 7.11 Å². The minimum Gasteiger partial charge on any atom is -0.497 e.